The smallest absolute Gasteiger partial charge is 0.336 e. The molecular weight excluding hydrogens is 354 g/mol. The van der Waals surface area contributed by atoms with Gasteiger partial charge in [0, 0.05) is 28.6 Å². The van der Waals surface area contributed by atoms with Gasteiger partial charge in [-0.05, 0) is 23.8 Å². The highest BCUT2D eigenvalue weighted by molar-refractivity contribution is 6.07. The molecule has 1 heterocycles. The number of fused-ring (bicyclic) bond motifs is 2. The maximum Gasteiger partial charge on any atom is 0.336 e. The van der Waals surface area contributed by atoms with E-state index in [9.17, 15) is 18.7 Å². The highest BCUT2D eigenvalue weighted by Gasteiger charge is 2.23. The van der Waals surface area contributed by atoms with Gasteiger partial charge in [0.25, 0.3) is 0 Å². The zero-order valence-corrected chi connectivity index (χ0v) is 13.7. The van der Waals surface area contributed by atoms with Crippen molar-refractivity contribution >= 4 is 22.6 Å². The van der Waals surface area contributed by atoms with E-state index in [4.69, 9.17) is 15.6 Å². The highest BCUT2D eigenvalue weighted by Crippen LogP contribution is 2.42. The number of carboxylic acids is 1. The molecule has 0 saturated heterocycles. The van der Waals surface area contributed by atoms with Gasteiger partial charge in [0.2, 0.25) is 0 Å². The van der Waals surface area contributed by atoms with Gasteiger partial charge in [0.1, 0.15) is 23.0 Å². The number of nitrogens with two attached hydrogens (primary N) is 1. The number of hydrogen-bond acceptors (Lipinski definition) is 4. The van der Waals surface area contributed by atoms with Crippen LogP contribution in [-0.2, 0) is 0 Å². The molecule has 0 fully saturated rings. The molecule has 5 nitrogen and oxygen atoms in total. The van der Waals surface area contributed by atoms with Crippen LogP contribution in [0.4, 0.5) is 14.5 Å². The molecule has 1 aliphatic carbocycles. The van der Waals surface area contributed by atoms with Crippen molar-refractivity contribution in [1.82, 2.24) is 0 Å². The molecule has 2 aliphatic rings. The van der Waals surface area contributed by atoms with Crippen molar-refractivity contribution < 1.29 is 23.1 Å². The van der Waals surface area contributed by atoms with Crippen LogP contribution in [0, 0.1) is 17.0 Å². The number of nitrogen functional groups attached to an aromatic ring is 1. The normalized spacial score (nSPS) is 11.2. The third-order valence-corrected chi connectivity index (χ3v) is 4.35. The summed E-state index contributed by atoms with van der Waals surface area (Å²) in [5.41, 5.74) is 6.45. The van der Waals surface area contributed by atoms with Crippen LogP contribution in [0.2, 0.25) is 0 Å². The summed E-state index contributed by atoms with van der Waals surface area (Å²) in [6, 6.07) is 10.8. The summed E-state index contributed by atoms with van der Waals surface area (Å²) in [7, 11) is 0. The van der Waals surface area contributed by atoms with E-state index in [2.05, 4.69) is 0 Å². The molecule has 0 aromatic heterocycles. The number of halogens is 2. The Kier molecular flexibility index (Phi) is 3.66. The molecule has 4 rings (SSSR count). The first-order chi connectivity index (χ1) is 12.9. The van der Waals surface area contributed by atoms with Crippen LogP contribution in [0.5, 0.6) is 0 Å². The molecule has 2 aromatic rings. The Balaban J connectivity index is 2.27. The first kappa shape index (κ1) is 16.7. The van der Waals surface area contributed by atoms with Gasteiger partial charge in [0.05, 0.1) is 16.6 Å². The van der Waals surface area contributed by atoms with Gasteiger partial charge in [-0.25, -0.2) is 13.6 Å². The molecule has 134 valence electrons. The topological polar surface area (TPSA) is 100 Å². The van der Waals surface area contributed by atoms with Crippen molar-refractivity contribution in [2.45, 2.75) is 0 Å². The average Bonchev–Trinajstić information content (AvgIpc) is 2.63. The van der Waals surface area contributed by atoms with Crippen LogP contribution in [0.25, 0.3) is 33.4 Å². The fourth-order valence-electron chi connectivity index (χ4n) is 3.12. The van der Waals surface area contributed by atoms with E-state index in [0.717, 1.165) is 12.1 Å². The zero-order chi connectivity index (χ0) is 19.3. The van der Waals surface area contributed by atoms with Crippen molar-refractivity contribution in [2.24, 2.45) is 0 Å². The van der Waals surface area contributed by atoms with E-state index in [0.29, 0.717) is 5.56 Å². The Labute approximate surface area is 151 Å². The van der Waals surface area contributed by atoms with Gasteiger partial charge in [-0.15, -0.1) is 0 Å². The van der Waals surface area contributed by atoms with Gasteiger partial charge in [-0.2, -0.15) is 0 Å². The maximum absolute atomic E-state index is 14.2. The quantitative estimate of drug-likeness (QED) is 0.365. The van der Waals surface area contributed by atoms with E-state index in [1.807, 2.05) is 0 Å². The Morgan fingerprint density at radius 3 is 2.52 bits per heavy atom. The van der Waals surface area contributed by atoms with E-state index in [-0.39, 0.29) is 44.5 Å². The Morgan fingerprint density at radius 2 is 1.78 bits per heavy atom. The Morgan fingerprint density at radius 1 is 1.04 bits per heavy atom. The third-order valence-electron chi connectivity index (χ3n) is 4.35. The summed E-state index contributed by atoms with van der Waals surface area (Å²) >= 11 is 0. The molecule has 4 N–H and O–H groups in total. The molecule has 0 unspecified atom stereocenters. The van der Waals surface area contributed by atoms with Crippen molar-refractivity contribution in [3.63, 3.8) is 0 Å². The molecule has 0 radical (unpaired) electrons. The van der Waals surface area contributed by atoms with E-state index in [1.54, 1.807) is 18.2 Å². The molecule has 0 spiro atoms. The Hall–Kier alpha value is -3.74. The van der Waals surface area contributed by atoms with E-state index in [1.165, 1.54) is 18.2 Å². The maximum atomic E-state index is 14.2. The minimum absolute atomic E-state index is 0.0288. The number of carboxylic acid groups (broad SMARTS) is 1. The highest BCUT2D eigenvalue weighted by atomic mass is 19.1. The van der Waals surface area contributed by atoms with Crippen molar-refractivity contribution in [2.75, 3.05) is 5.73 Å². The lowest BCUT2D eigenvalue weighted by Crippen LogP contribution is -2.08. The largest absolute Gasteiger partial charge is 0.478 e. The monoisotopic (exact) mass is 366 g/mol. The molecule has 0 bridgehead atoms. The number of nitrogens with one attached hydrogen (secondary N) is 1. The third kappa shape index (κ3) is 2.60. The molecule has 2 aromatic carbocycles. The summed E-state index contributed by atoms with van der Waals surface area (Å²) in [5.74, 6) is -2.53. The van der Waals surface area contributed by atoms with Crippen LogP contribution in [0.15, 0.2) is 52.9 Å². The number of carbonyl (C=O) groups is 1. The van der Waals surface area contributed by atoms with E-state index >= 15 is 0 Å². The number of hydrogen-bond donors (Lipinski definition) is 3. The SMILES string of the molecule is N=c1cc2oc3cc(N)c(F)cc3c(-c3ccccc3C(=O)O)c-2cc1F. The molecular formula is C20H12F2N2O3. The molecule has 1 aliphatic heterocycles. The second-order valence-electron chi connectivity index (χ2n) is 6.03. The minimum Gasteiger partial charge on any atom is -0.478 e. The first-order valence-electron chi connectivity index (χ1n) is 7.89. The second-order valence-corrected chi connectivity index (χ2v) is 6.03. The zero-order valence-electron chi connectivity index (χ0n) is 13.7. The summed E-state index contributed by atoms with van der Waals surface area (Å²) < 4.78 is 34.0. The summed E-state index contributed by atoms with van der Waals surface area (Å²) in [4.78, 5) is 11.7. The predicted octanol–water partition coefficient (Wildman–Crippen LogP) is 4.24. The molecule has 0 saturated carbocycles. The molecule has 0 amide bonds. The van der Waals surface area contributed by atoms with Crippen LogP contribution < -0.4 is 11.1 Å². The van der Waals surface area contributed by atoms with Gasteiger partial charge < -0.3 is 15.3 Å². The lowest BCUT2D eigenvalue weighted by Gasteiger charge is -2.17. The van der Waals surface area contributed by atoms with E-state index < -0.39 is 17.6 Å². The second kappa shape index (κ2) is 5.91. The Bertz CT molecular complexity index is 1260. The first-order valence-corrected chi connectivity index (χ1v) is 7.89. The van der Waals surface area contributed by atoms with Crippen LogP contribution >= 0.6 is 0 Å². The lowest BCUT2D eigenvalue weighted by atomic mass is 9.90. The summed E-state index contributed by atoms with van der Waals surface area (Å²) in [6.45, 7) is 0. The number of aromatic carboxylic acids is 1. The average molecular weight is 366 g/mol. The minimum atomic E-state index is -1.18. The summed E-state index contributed by atoms with van der Waals surface area (Å²) in [6.07, 6.45) is 0. The number of anilines is 1. The number of benzene rings is 3. The van der Waals surface area contributed by atoms with Gasteiger partial charge in [-0.1, -0.05) is 18.2 Å². The fraction of sp³-hybridized carbons (Fsp3) is 0. The standard InChI is InChI=1S/C20H12F2N2O3/c21-13-5-11-17(7-15(13)23)27-18-8-16(24)14(22)6-12(18)19(11)9-3-1-2-4-10(9)20(25)26/h1-8,23H,24H2,(H,25,26). The molecule has 7 heteroatoms. The van der Waals surface area contributed by atoms with Gasteiger partial charge >= 0.3 is 5.97 Å². The lowest BCUT2D eigenvalue weighted by molar-refractivity contribution is 0.0697. The summed E-state index contributed by atoms with van der Waals surface area (Å²) in [5, 5.41) is 17.1. The molecule has 27 heavy (non-hydrogen) atoms. The number of rotatable bonds is 2. The van der Waals surface area contributed by atoms with Crippen molar-refractivity contribution in [1.29, 1.82) is 5.41 Å². The molecule has 0 atom stereocenters. The van der Waals surface area contributed by atoms with Crippen LogP contribution in [0.1, 0.15) is 10.4 Å². The predicted molar refractivity (Wildman–Crippen MR) is 95.4 cm³/mol. The van der Waals surface area contributed by atoms with Gasteiger partial charge in [-0.3, -0.25) is 5.41 Å². The van der Waals surface area contributed by atoms with Crippen molar-refractivity contribution in [3.05, 3.63) is 71.1 Å². The van der Waals surface area contributed by atoms with Crippen LogP contribution in [0.3, 0.4) is 0 Å². The van der Waals surface area contributed by atoms with Gasteiger partial charge in [0.15, 0.2) is 0 Å². The van der Waals surface area contributed by atoms with Crippen LogP contribution in [-0.4, -0.2) is 11.1 Å². The van der Waals surface area contributed by atoms with Crippen molar-refractivity contribution in [3.8, 4) is 22.5 Å². The fourth-order valence-corrected chi connectivity index (χ4v) is 3.12.